The molecule has 0 aliphatic heterocycles. The van der Waals surface area contributed by atoms with Crippen molar-refractivity contribution < 1.29 is 22.7 Å². The van der Waals surface area contributed by atoms with E-state index in [0.29, 0.717) is 5.69 Å². The highest BCUT2D eigenvalue weighted by molar-refractivity contribution is 7.35. The van der Waals surface area contributed by atoms with Crippen LogP contribution in [0.2, 0.25) is 4.47 Å². The molecule has 1 aromatic carbocycles. The summed E-state index contributed by atoms with van der Waals surface area (Å²) in [6, 6.07) is 5.10. The van der Waals surface area contributed by atoms with E-state index in [4.69, 9.17) is 16.3 Å². The summed E-state index contributed by atoms with van der Waals surface area (Å²) in [6.07, 6.45) is 0. The summed E-state index contributed by atoms with van der Waals surface area (Å²) in [4.78, 5) is 13.8. The molecule has 1 atom stereocenters. The molecule has 0 bridgehead atoms. The SMILES string of the molecule is CC(C)N(C(=O)COc1nnc(Cl)[s+]1C(F)F)c1ccc(F)cc1. The Balaban J connectivity index is 2.13. The number of anilines is 1. The van der Waals surface area contributed by atoms with E-state index in [1.165, 1.54) is 29.2 Å². The van der Waals surface area contributed by atoms with Gasteiger partial charge in [-0.3, -0.25) is 4.79 Å². The van der Waals surface area contributed by atoms with Crippen LogP contribution in [0.3, 0.4) is 0 Å². The Kier molecular flexibility index (Phi) is 6.00. The number of amides is 1. The summed E-state index contributed by atoms with van der Waals surface area (Å²) in [5, 5.41) is 6.43. The van der Waals surface area contributed by atoms with Gasteiger partial charge in [0.05, 0.1) is 0 Å². The van der Waals surface area contributed by atoms with Crippen LogP contribution in [0.15, 0.2) is 24.3 Å². The molecule has 24 heavy (non-hydrogen) atoms. The Bertz CT molecular complexity index is 710. The second-order valence-electron chi connectivity index (χ2n) is 4.94. The van der Waals surface area contributed by atoms with E-state index >= 15 is 0 Å². The van der Waals surface area contributed by atoms with E-state index in [1.54, 1.807) is 13.8 Å². The van der Waals surface area contributed by atoms with Gasteiger partial charge >= 0.3 is 15.4 Å². The summed E-state index contributed by atoms with van der Waals surface area (Å²) in [5.74, 6) is -3.73. The number of carbonyl (C=O) groups is 1. The van der Waals surface area contributed by atoms with Crippen LogP contribution in [0.1, 0.15) is 19.6 Å². The molecule has 0 aliphatic rings. The number of hydrogen-bond acceptors (Lipinski definition) is 4. The van der Waals surface area contributed by atoms with E-state index in [2.05, 4.69) is 10.2 Å². The molecule has 1 unspecified atom stereocenters. The lowest BCUT2D eigenvalue weighted by molar-refractivity contribution is -0.120. The van der Waals surface area contributed by atoms with Crippen molar-refractivity contribution in [2.75, 3.05) is 11.5 Å². The van der Waals surface area contributed by atoms with Gasteiger partial charge in [-0.25, -0.2) is 4.39 Å². The average Bonchev–Trinajstić information content (AvgIpc) is 2.88. The molecule has 5 nitrogen and oxygen atoms in total. The quantitative estimate of drug-likeness (QED) is 0.703. The molecule has 0 saturated heterocycles. The Morgan fingerprint density at radius 1 is 1.29 bits per heavy atom. The number of ether oxygens (including phenoxy) is 1. The van der Waals surface area contributed by atoms with Crippen molar-refractivity contribution >= 4 is 33.7 Å². The van der Waals surface area contributed by atoms with Crippen molar-refractivity contribution in [1.29, 1.82) is 0 Å². The largest absolute Gasteiger partial charge is 0.462 e. The molecular weight excluding hydrogens is 367 g/mol. The fourth-order valence-corrected chi connectivity index (χ4v) is 3.33. The summed E-state index contributed by atoms with van der Waals surface area (Å²) >= 11 is 5.56. The van der Waals surface area contributed by atoms with Crippen molar-refractivity contribution in [3.8, 4) is 5.19 Å². The minimum atomic E-state index is -2.81. The zero-order chi connectivity index (χ0) is 17.9. The van der Waals surface area contributed by atoms with Gasteiger partial charge in [-0.2, -0.15) is 8.78 Å². The molecule has 1 heterocycles. The molecule has 2 aromatic rings. The lowest BCUT2D eigenvalue weighted by Crippen LogP contribution is -2.40. The van der Waals surface area contributed by atoms with Crippen LogP contribution in [0.25, 0.3) is 0 Å². The third-order valence-corrected chi connectivity index (χ3v) is 4.92. The maximum absolute atomic E-state index is 13.0. The van der Waals surface area contributed by atoms with E-state index < -0.39 is 34.6 Å². The summed E-state index contributed by atoms with van der Waals surface area (Å²) < 4.78 is 43.6. The van der Waals surface area contributed by atoms with Crippen molar-refractivity contribution in [3.05, 3.63) is 34.5 Å². The van der Waals surface area contributed by atoms with Gasteiger partial charge in [0.1, 0.15) is 5.82 Å². The number of alkyl halides is 2. The molecular formula is C14H14ClF3N3O2S+. The molecule has 0 aliphatic carbocycles. The topological polar surface area (TPSA) is 55.3 Å². The maximum Gasteiger partial charge on any atom is 0.462 e. The Morgan fingerprint density at radius 2 is 1.92 bits per heavy atom. The number of nitrogens with zero attached hydrogens (tertiary/aromatic N) is 3. The first kappa shape index (κ1) is 18.5. The molecule has 2 rings (SSSR count). The zero-order valence-electron chi connectivity index (χ0n) is 12.7. The molecule has 130 valence electrons. The predicted octanol–water partition coefficient (Wildman–Crippen LogP) is 4.23. The molecule has 0 radical (unpaired) electrons. The Hall–Kier alpha value is -1.87. The van der Waals surface area contributed by atoms with Crippen LogP contribution in [0, 0.1) is 5.82 Å². The van der Waals surface area contributed by atoms with Gasteiger partial charge < -0.3 is 9.64 Å². The average molecular weight is 381 g/mol. The van der Waals surface area contributed by atoms with E-state index in [-0.39, 0.29) is 15.7 Å². The van der Waals surface area contributed by atoms with Gasteiger partial charge in [-0.05, 0) is 38.1 Å². The second kappa shape index (κ2) is 7.80. The molecule has 1 amide bonds. The van der Waals surface area contributed by atoms with Crippen LogP contribution in [-0.4, -0.2) is 28.8 Å². The van der Waals surface area contributed by atoms with E-state index in [9.17, 15) is 18.0 Å². The summed E-state index contributed by atoms with van der Waals surface area (Å²) in [6.45, 7) is 3.01. The first-order chi connectivity index (χ1) is 11.3. The molecule has 10 heteroatoms. The Morgan fingerprint density at radius 3 is 2.46 bits per heavy atom. The fourth-order valence-electron chi connectivity index (χ4n) is 2.01. The maximum atomic E-state index is 13.0. The minimum Gasteiger partial charge on any atom is -0.427 e. The van der Waals surface area contributed by atoms with Crippen LogP contribution in [0.5, 0.6) is 5.19 Å². The molecule has 1 aromatic heterocycles. The lowest BCUT2D eigenvalue weighted by Gasteiger charge is -2.26. The standard InChI is InChI=1S/C14H14ClF3N3O2S/c1-8(2)21(10-5-3-9(16)4-6-10)11(22)7-23-14-20-19-12(15)24(14)13(17)18/h3-6,8,13H,7H2,1-2H3/q+1. The highest BCUT2D eigenvalue weighted by atomic mass is 35.5. The summed E-state index contributed by atoms with van der Waals surface area (Å²) in [7, 11) is -1.86. The van der Waals surface area contributed by atoms with Gasteiger partial charge in [-0.15, -0.1) is 0 Å². The van der Waals surface area contributed by atoms with Gasteiger partial charge in [0.2, 0.25) is 0 Å². The molecule has 0 N–H and O–H groups in total. The highest BCUT2D eigenvalue weighted by Gasteiger charge is 2.35. The number of aromatic nitrogens is 2. The third-order valence-electron chi connectivity index (χ3n) is 2.97. The van der Waals surface area contributed by atoms with Crippen LogP contribution < -0.4 is 9.64 Å². The highest BCUT2D eigenvalue weighted by Crippen LogP contribution is 2.46. The molecule has 0 saturated carbocycles. The minimum absolute atomic E-state index is 0.245. The van der Waals surface area contributed by atoms with E-state index in [0.717, 1.165) is 0 Å². The van der Waals surface area contributed by atoms with Crippen LogP contribution in [0.4, 0.5) is 18.9 Å². The normalized spacial score (nSPS) is 11.9. The Labute approximate surface area is 144 Å². The van der Waals surface area contributed by atoms with Crippen LogP contribution >= 0.6 is 22.1 Å². The molecule has 0 spiro atoms. The smallest absolute Gasteiger partial charge is 0.427 e. The lowest BCUT2D eigenvalue weighted by atomic mass is 10.2. The second-order valence-corrected chi connectivity index (χ2v) is 7.29. The van der Waals surface area contributed by atoms with Crippen LogP contribution in [-0.2, 0) is 4.79 Å². The molecule has 0 fully saturated rings. The number of hydrogen-bond donors (Lipinski definition) is 0. The van der Waals surface area contributed by atoms with Crippen molar-refractivity contribution in [3.63, 3.8) is 0 Å². The zero-order valence-corrected chi connectivity index (χ0v) is 14.3. The van der Waals surface area contributed by atoms with E-state index in [1.807, 2.05) is 0 Å². The third kappa shape index (κ3) is 4.15. The van der Waals surface area contributed by atoms with Crippen molar-refractivity contribution in [2.24, 2.45) is 0 Å². The monoisotopic (exact) mass is 380 g/mol. The first-order valence-corrected chi connectivity index (χ1v) is 8.50. The van der Waals surface area contributed by atoms with Gasteiger partial charge in [0.15, 0.2) is 17.1 Å². The van der Waals surface area contributed by atoms with Crippen molar-refractivity contribution in [2.45, 2.75) is 25.6 Å². The van der Waals surface area contributed by atoms with Gasteiger partial charge in [-0.1, -0.05) is 10.2 Å². The predicted molar refractivity (Wildman–Crippen MR) is 85.3 cm³/mol. The van der Waals surface area contributed by atoms with Gasteiger partial charge in [0.25, 0.3) is 5.91 Å². The fraction of sp³-hybridized carbons (Fsp3) is 0.357. The number of carbonyl (C=O) groups excluding carboxylic acids is 1. The number of benzene rings is 1. The first-order valence-electron chi connectivity index (χ1n) is 6.84. The van der Waals surface area contributed by atoms with Crippen molar-refractivity contribution in [1.82, 2.24) is 10.2 Å². The van der Waals surface area contributed by atoms with Gasteiger partial charge in [0, 0.05) is 23.3 Å². The summed E-state index contributed by atoms with van der Waals surface area (Å²) in [5.41, 5.74) is 0.468. The number of rotatable bonds is 6. The number of halogens is 4.